The van der Waals surface area contributed by atoms with Crippen molar-refractivity contribution in [3.05, 3.63) is 35.8 Å². The van der Waals surface area contributed by atoms with Gasteiger partial charge in [-0.2, -0.15) is 0 Å². The van der Waals surface area contributed by atoms with E-state index in [9.17, 15) is 0 Å². The Kier molecular flexibility index (Phi) is 3.68. The standard InChI is InChI=1S/C19H23N5O/c1-23-9-10-25-17-12-24(11-16(17)23)19-14-3-2-4-15(14)21-18(22-19)13-5-7-20-8-6-13/h5-8,16-17H,2-4,9-12H2,1H3. The minimum Gasteiger partial charge on any atom is -0.373 e. The van der Waals surface area contributed by atoms with Crippen molar-refractivity contribution in [2.75, 3.05) is 38.2 Å². The lowest BCUT2D eigenvalue weighted by Crippen LogP contribution is -2.48. The predicted octanol–water partition coefficient (Wildman–Crippen LogP) is 1.55. The van der Waals surface area contributed by atoms with Crippen LogP contribution >= 0.6 is 0 Å². The first-order chi connectivity index (χ1) is 12.3. The van der Waals surface area contributed by atoms with Crippen LogP contribution in [-0.2, 0) is 17.6 Å². The number of morpholine rings is 1. The maximum atomic E-state index is 6.02. The summed E-state index contributed by atoms with van der Waals surface area (Å²) < 4.78 is 6.02. The molecule has 2 unspecified atom stereocenters. The molecular weight excluding hydrogens is 314 g/mol. The van der Waals surface area contributed by atoms with E-state index in [1.165, 1.54) is 17.7 Å². The van der Waals surface area contributed by atoms with E-state index in [0.717, 1.165) is 56.3 Å². The van der Waals surface area contributed by atoms with Gasteiger partial charge >= 0.3 is 0 Å². The van der Waals surface area contributed by atoms with Gasteiger partial charge in [-0.25, -0.2) is 9.97 Å². The van der Waals surface area contributed by atoms with Crippen molar-refractivity contribution in [1.29, 1.82) is 0 Å². The average molecular weight is 337 g/mol. The van der Waals surface area contributed by atoms with Gasteiger partial charge in [0, 0.05) is 48.8 Å². The van der Waals surface area contributed by atoms with Gasteiger partial charge in [-0.3, -0.25) is 9.88 Å². The molecule has 0 bridgehead atoms. The van der Waals surface area contributed by atoms with Crippen LogP contribution in [0.25, 0.3) is 11.4 Å². The lowest BCUT2D eigenvalue weighted by Gasteiger charge is -2.33. The molecule has 0 amide bonds. The number of anilines is 1. The molecule has 0 spiro atoms. The molecule has 1 aliphatic carbocycles. The normalized spacial score (nSPS) is 25.9. The minimum atomic E-state index is 0.287. The van der Waals surface area contributed by atoms with Gasteiger partial charge in [-0.15, -0.1) is 0 Å². The van der Waals surface area contributed by atoms with E-state index in [-0.39, 0.29) is 6.10 Å². The molecule has 2 aliphatic heterocycles. The molecule has 2 aromatic rings. The summed E-state index contributed by atoms with van der Waals surface area (Å²) in [6, 6.07) is 4.44. The third-order valence-corrected chi connectivity index (χ3v) is 5.73. The predicted molar refractivity (Wildman–Crippen MR) is 95.7 cm³/mol. The molecule has 5 rings (SSSR count). The smallest absolute Gasteiger partial charge is 0.161 e. The van der Waals surface area contributed by atoms with E-state index in [0.29, 0.717) is 6.04 Å². The minimum absolute atomic E-state index is 0.287. The van der Waals surface area contributed by atoms with Gasteiger partial charge in [0.1, 0.15) is 5.82 Å². The summed E-state index contributed by atoms with van der Waals surface area (Å²) in [7, 11) is 2.20. The number of aryl methyl sites for hydroxylation is 1. The third-order valence-electron chi connectivity index (χ3n) is 5.73. The van der Waals surface area contributed by atoms with E-state index in [1.807, 2.05) is 12.1 Å². The number of pyridine rings is 1. The molecule has 25 heavy (non-hydrogen) atoms. The van der Waals surface area contributed by atoms with Gasteiger partial charge in [-0.05, 0) is 38.4 Å². The summed E-state index contributed by atoms with van der Waals surface area (Å²) >= 11 is 0. The molecule has 2 atom stereocenters. The van der Waals surface area contributed by atoms with Crippen molar-refractivity contribution in [1.82, 2.24) is 19.9 Å². The number of ether oxygens (including phenoxy) is 1. The van der Waals surface area contributed by atoms with Gasteiger partial charge in [0.15, 0.2) is 5.82 Å². The number of fused-ring (bicyclic) bond motifs is 2. The Morgan fingerprint density at radius 3 is 2.84 bits per heavy atom. The highest BCUT2D eigenvalue weighted by Gasteiger charge is 2.40. The maximum absolute atomic E-state index is 6.02. The zero-order valence-electron chi connectivity index (χ0n) is 14.6. The van der Waals surface area contributed by atoms with Crippen LogP contribution in [0.4, 0.5) is 5.82 Å². The molecular formula is C19H23N5O. The van der Waals surface area contributed by atoms with Crippen LogP contribution in [0.15, 0.2) is 24.5 Å². The molecule has 4 heterocycles. The fourth-order valence-electron chi connectivity index (χ4n) is 4.33. The fraction of sp³-hybridized carbons (Fsp3) is 0.526. The summed E-state index contributed by atoms with van der Waals surface area (Å²) in [6.45, 7) is 3.75. The second-order valence-electron chi connectivity index (χ2n) is 7.25. The summed E-state index contributed by atoms with van der Waals surface area (Å²) in [5.74, 6) is 1.95. The highest BCUT2D eigenvalue weighted by atomic mass is 16.5. The lowest BCUT2D eigenvalue weighted by atomic mass is 10.1. The molecule has 6 nitrogen and oxygen atoms in total. The summed E-state index contributed by atoms with van der Waals surface area (Å²) in [5, 5.41) is 0. The van der Waals surface area contributed by atoms with Crippen LogP contribution in [0.3, 0.4) is 0 Å². The SMILES string of the molecule is CN1CCOC2CN(c3nc(-c4ccncc4)nc4c3CCC4)CC21. The van der Waals surface area contributed by atoms with Crippen molar-refractivity contribution in [2.45, 2.75) is 31.4 Å². The summed E-state index contributed by atoms with van der Waals surface area (Å²) in [6.07, 6.45) is 7.21. The first-order valence-electron chi connectivity index (χ1n) is 9.16. The highest BCUT2D eigenvalue weighted by molar-refractivity contribution is 5.61. The van der Waals surface area contributed by atoms with Gasteiger partial charge < -0.3 is 9.64 Å². The number of rotatable bonds is 2. The van der Waals surface area contributed by atoms with Crippen LogP contribution in [0.5, 0.6) is 0 Å². The molecule has 2 fully saturated rings. The Bertz CT molecular complexity index is 781. The largest absolute Gasteiger partial charge is 0.373 e. The van der Waals surface area contributed by atoms with Gasteiger partial charge in [0.05, 0.1) is 18.8 Å². The second kappa shape index (κ2) is 6.04. The first-order valence-corrected chi connectivity index (χ1v) is 9.16. The molecule has 2 saturated heterocycles. The Morgan fingerprint density at radius 1 is 1.12 bits per heavy atom. The Hall–Kier alpha value is -2.05. The van der Waals surface area contributed by atoms with E-state index < -0.39 is 0 Å². The zero-order chi connectivity index (χ0) is 16.8. The average Bonchev–Trinajstić information content (AvgIpc) is 3.29. The summed E-state index contributed by atoms with van der Waals surface area (Å²) in [4.78, 5) is 18.8. The third kappa shape index (κ3) is 2.60. The molecule has 0 radical (unpaired) electrons. The molecule has 2 aromatic heterocycles. The number of hydrogen-bond acceptors (Lipinski definition) is 6. The van der Waals surface area contributed by atoms with Gasteiger partial charge in [-0.1, -0.05) is 0 Å². The highest BCUT2D eigenvalue weighted by Crippen LogP contribution is 2.34. The van der Waals surface area contributed by atoms with E-state index in [2.05, 4.69) is 21.8 Å². The topological polar surface area (TPSA) is 54.4 Å². The number of hydrogen-bond donors (Lipinski definition) is 0. The quantitative estimate of drug-likeness (QED) is 0.829. The van der Waals surface area contributed by atoms with Crippen molar-refractivity contribution < 1.29 is 4.74 Å². The van der Waals surface area contributed by atoms with Crippen LogP contribution in [0.1, 0.15) is 17.7 Å². The molecule has 6 heteroatoms. The Labute approximate surface area is 147 Å². The first kappa shape index (κ1) is 15.2. The van der Waals surface area contributed by atoms with Crippen LogP contribution in [0, 0.1) is 0 Å². The monoisotopic (exact) mass is 337 g/mol. The van der Waals surface area contributed by atoms with Gasteiger partial charge in [0.2, 0.25) is 0 Å². The Balaban J connectivity index is 1.54. The van der Waals surface area contributed by atoms with E-state index >= 15 is 0 Å². The molecule has 0 aromatic carbocycles. The van der Waals surface area contributed by atoms with E-state index in [4.69, 9.17) is 14.7 Å². The van der Waals surface area contributed by atoms with Crippen molar-refractivity contribution in [3.63, 3.8) is 0 Å². The van der Waals surface area contributed by atoms with Crippen molar-refractivity contribution >= 4 is 5.82 Å². The molecule has 3 aliphatic rings. The molecule has 0 N–H and O–H groups in total. The maximum Gasteiger partial charge on any atom is 0.161 e. The fourth-order valence-corrected chi connectivity index (χ4v) is 4.33. The van der Waals surface area contributed by atoms with Crippen molar-refractivity contribution in [2.24, 2.45) is 0 Å². The van der Waals surface area contributed by atoms with Crippen LogP contribution < -0.4 is 4.90 Å². The molecule has 130 valence electrons. The zero-order valence-corrected chi connectivity index (χ0v) is 14.6. The Morgan fingerprint density at radius 2 is 2.00 bits per heavy atom. The van der Waals surface area contributed by atoms with Crippen LogP contribution in [0.2, 0.25) is 0 Å². The molecule has 0 saturated carbocycles. The van der Waals surface area contributed by atoms with Crippen molar-refractivity contribution in [3.8, 4) is 11.4 Å². The number of nitrogens with zero attached hydrogens (tertiary/aromatic N) is 5. The summed E-state index contributed by atoms with van der Waals surface area (Å²) in [5.41, 5.74) is 3.61. The number of aromatic nitrogens is 3. The van der Waals surface area contributed by atoms with Crippen LogP contribution in [-0.4, -0.2) is 65.3 Å². The second-order valence-corrected chi connectivity index (χ2v) is 7.25. The number of likely N-dealkylation sites (N-methyl/N-ethyl adjacent to an activating group) is 1. The lowest BCUT2D eigenvalue weighted by molar-refractivity contribution is -0.0362. The van der Waals surface area contributed by atoms with Gasteiger partial charge in [0.25, 0.3) is 0 Å². The van der Waals surface area contributed by atoms with E-state index in [1.54, 1.807) is 12.4 Å².